The second-order valence-electron chi connectivity index (χ2n) is 6.03. The van der Waals surface area contributed by atoms with Gasteiger partial charge in [0.1, 0.15) is 0 Å². The van der Waals surface area contributed by atoms with E-state index in [0.717, 1.165) is 16.3 Å². The van der Waals surface area contributed by atoms with Crippen LogP contribution in [0.3, 0.4) is 0 Å². The Hall–Kier alpha value is -1.91. The van der Waals surface area contributed by atoms with Crippen molar-refractivity contribution in [2.24, 2.45) is 5.73 Å². The molecule has 2 aromatic rings. The number of aliphatic hydroxyl groups is 1. The van der Waals surface area contributed by atoms with Crippen LogP contribution in [0.1, 0.15) is 31.9 Å². The number of carbonyl (C=O) groups excluding carboxylic acids is 1. The van der Waals surface area contributed by atoms with Crippen molar-refractivity contribution in [1.29, 1.82) is 0 Å². The number of nitrogens with one attached hydrogen (secondary N) is 1. The number of carbonyl (C=O) groups is 1. The minimum Gasteiger partial charge on any atom is -0.387 e. The second-order valence-corrected chi connectivity index (χ2v) is 6.03. The zero-order valence-corrected chi connectivity index (χ0v) is 12.5. The van der Waals surface area contributed by atoms with Crippen LogP contribution in [0.5, 0.6) is 0 Å². The maximum Gasteiger partial charge on any atom is 0.219 e. The Kier molecular flexibility index (Phi) is 4.60. The summed E-state index contributed by atoms with van der Waals surface area (Å²) in [7, 11) is 0. The molecule has 0 saturated carbocycles. The molecule has 0 fully saturated rings. The molecule has 0 aliphatic rings. The van der Waals surface area contributed by atoms with Gasteiger partial charge in [0.15, 0.2) is 0 Å². The fourth-order valence-electron chi connectivity index (χ4n) is 2.40. The van der Waals surface area contributed by atoms with Crippen LogP contribution in [-0.2, 0) is 4.79 Å². The van der Waals surface area contributed by atoms with Crippen molar-refractivity contribution in [2.45, 2.75) is 31.9 Å². The first-order chi connectivity index (χ1) is 9.87. The maximum atomic E-state index is 11.0. The van der Waals surface area contributed by atoms with E-state index in [1.54, 1.807) is 0 Å². The van der Waals surface area contributed by atoms with Gasteiger partial charge in [0.2, 0.25) is 5.91 Å². The highest BCUT2D eigenvalue weighted by atomic mass is 16.3. The summed E-state index contributed by atoms with van der Waals surface area (Å²) in [5.41, 5.74) is 5.65. The molecule has 0 spiro atoms. The average Bonchev–Trinajstić information content (AvgIpc) is 2.43. The van der Waals surface area contributed by atoms with E-state index in [0.29, 0.717) is 6.54 Å². The lowest BCUT2D eigenvalue weighted by Gasteiger charge is -2.26. The molecular formula is C17H22N2O2. The molecule has 2 aromatic carbocycles. The highest BCUT2D eigenvalue weighted by Crippen LogP contribution is 2.20. The Morgan fingerprint density at radius 2 is 1.90 bits per heavy atom. The monoisotopic (exact) mass is 286 g/mol. The van der Waals surface area contributed by atoms with E-state index in [2.05, 4.69) is 5.32 Å². The average molecular weight is 286 g/mol. The van der Waals surface area contributed by atoms with E-state index < -0.39 is 11.6 Å². The molecule has 4 heteroatoms. The zero-order valence-electron chi connectivity index (χ0n) is 12.5. The summed E-state index contributed by atoms with van der Waals surface area (Å²) in [6, 6.07) is 14.0. The Balaban J connectivity index is 2.05. The molecule has 0 heterocycles. The van der Waals surface area contributed by atoms with Gasteiger partial charge in [-0.1, -0.05) is 36.4 Å². The van der Waals surface area contributed by atoms with E-state index >= 15 is 0 Å². The van der Waals surface area contributed by atoms with E-state index in [4.69, 9.17) is 5.73 Å². The van der Waals surface area contributed by atoms with Gasteiger partial charge in [-0.05, 0) is 36.2 Å². The van der Waals surface area contributed by atoms with Gasteiger partial charge in [0.25, 0.3) is 0 Å². The van der Waals surface area contributed by atoms with Crippen molar-refractivity contribution >= 4 is 16.7 Å². The van der Waals surface area contributed by atoms with Gasteiger partial charge >= 0.3 is 0 Å². The molecule has 21 heavy (non-hydrogen) atoms. The Labute approximate surface area is 125 Å². The van der Waals surface area contributed by atoms with Crippen LogP contribution < -0.4 is 11.1 Å². The molecule has 1 amide bonds. The maximum absolute atomic E-state index is 11.0. The first kappa shape index (κ1) is 15.5. The van der Waals surface area contributed by atoms with E-state index in [9.17, 15) is 9.90 Å². The summed E-state index contributed by atoms with van der Waals surface area (Å²) < 4.78 is 0. The lowest BCUT2D eigenvalue weighted by molar-refractivity contribution is -0.119. The number of hydrogen-bond donors (Lipinski definition) is 3. The molecule has 0 saturated heterocycles. The van der Waals surface area contributed by atoms with E-state index in [1.165, 1.54) is 0 Å². The number of primary amides is 1. The van der Waals surface area contributed by atoms with Crippen LogP contribution in [0, 0.1) is 0 Å². The number of benzene rings is 2. The third kappa shape index (κ3) is 4.28. The Morgan fingerprint density at radius 1 is 1.24 bits per heavy atom. The van der Waals surface area contributed by atoms with Crippen LogP contribution in [0.4, 0.5) is 0 Å². The van der Waals surface area contributed by atoms with Crippen molar-refractivity contribution in [3.8, 4) is 0 Å². The molecule has 1 unspecified atom stereocenters. The smallest absolute Gasteiger partial charge is 0.219 e. The van der Waals surface area contributed by atoms with E-state index in [-0.39, 0.29) is 12.3 Å². The SMILES string of the molecule is CC(C)(CC(N)=O)NCC(O)c1ccc2ccccc2c1. The highest BCUT2D eigenvalue weighted by molar-refractivity contribution is 5.83. The summed E-state index contributed by atoms with van der Waals surface area (Å²) in [4.78, 5) is 11.0. The minimum atomic E-state index is -0.623. The molecule has 4 nitrogen and oxygen atoms in total. The van der Waals surface area contributed by atoms with Gasteiger partial charge in [-0.3, -0.25) is 4.79 Å². The van der Waals surface area contributed by atoms with Gasteiger partial charge < -0.3 is 16.2 Å². The Morgan fingerprint density at radius 3 is 2.57 bits per heavy atom. The number of amides is 1. The lowest BCUT2D eigenvalue weighted by atomic mass is 9.98. The number of hydrogen-bond acceptors (Lipinski definition) is 3. The van der Waals surface area contributed by atoms with Gasteiger partial charge in [0, 0.05) is 18.5 Å². The van der Waals surface area contributed by atoms with Gasteiger partial charge in [-0.15, -0.1) is 0 Å². The van der Waals surface area contributed by atoms with Crippen molar-refractivity contribution in [3.05, 3.63) is 48.0 Å². The first-order valence-electron chi connectivity index (χ1n) is 7.07. The molecule has 0 aliphatic carbocycles. The predicted octanol–water partition coefficient (Wildman–Crippen LogP) is 2.12. The minimum absolute atomic E-state index is 0.234. The number of nitrogens with two attached hydrogens (primary N) is 1. The van der Waals surface area contributed by atoms with Gasteiger partial charge in [-0.2, -0.15) is 0 Å². The summed E-state index contributed by atoms with van der Waals surface area (Å²) in [6.07, 6.45) is -0.390. The van der Waals surface area contributed by atoms with Crippen molar-refractivity contribution in [3.63, 3.8) is 0 Å². The summed E-state index contributed by atoms with van der Waals surface area (Å²) in [5, 5.41) is 15.7. The van der Waals surface area contributed by atoms with Crippen LogP contribution in [0.25, 0.3) is 10.8 Å². The number of β-amino-alcohol motifs (C(OH)–C–C–N with tert-alkyl or cyclic N) is 1. The van der Waals surface area contributed by atoms with Crippen molar-refractivity contribution in [2.75, 3.05) is 6.54 Å². The second kappa shape index (κ2) is 6.24. The fraction of sp³-hybridized carbons (Fsp3) is 0.353. The Bertz CT molecular complexity index is 637. The summed E-state index contributed by atoms with van der Waals surface area (Å²) >= 11 is 0. The summed E-state index contributed by atoms with van der Waals surface area (Å²) in [5.74, 6) is -0.354. The van der Waals surface area contributed by atoms with Crippen LogP contribution in [-0.4, -0.2) is 23.1 Å². The topological polar surface area (TPSA) is 75.4 Å². The van der Waals surface area contributed by atoms with Crippen LogP contribution in [0.15, 0.2) is 42.5 Å². The third-order valence-corrected chi connectivity index (χ3v) is 3.55. The standard InChI is InChI=1S/C17H22N2O2/c1-17(2,10-16(18)21)19-11-15(20)14-8-7-12-5-3-4-6-13(12)9-14/h3-9,15,19-20H,10-11H2,1-2H3,(H2,18,21). The predicted molar refractivity (Wildman–Crippen MR) is 84.8 cm³/mol. The van der Waals surface area contributed by atoms with Crippen LogP contribution in [0.2, 0.25) is 0 Å². The van der Waals surface area contributed by atoms with Gasteiger partial charge in [-0.25, -0.2) is 0 Å². The normalized spacial score (nSPS) is 13.3. The first-order valence-corrected chi connectivity index (χ1v) is 7.07. The number of fused-ring (bicyclic) bond motifs is 1. The van der Waals surface area contributed by atoms with Crippen LogP contribution >= 0.6 is 0 Å². The quantitative estimate of drug-likeness (QED) is 0.761. The molecule has 0 aromatic heterocycles. The molecule has 4 N–H and O–H groups in total. The lowest BCUT2D eigenvalue weighted by Crippen LogP contribution is -2.44. The highest BCUT2D eigenvalue weighted by Gasteiger charge is 2.21. The molecule has 2 rings (SSSR count). The third-order valence-electron chi connectivity index (χ3n) is 3.55. The fourth-order valence-corrected chi connectivity index (χ4v) is 2.40. The molecule has 1 atom stereocenters. The molecule has 0 aliphatic heterocycles. The van der Waals surface area contributed by atoms with Gasteiger partial charge in [0.05, 0.1) is 6.10 Å². The number of rotatable bonds is 6. The zero-order chi connectivity index (χ0) is 15.5. The largest absolute Gasteiger partial charge is 0.387 e. The molecule has 112 valence electrons. The molecule has 0 bridgehead atoms. The van der Waals surface area contributed by atoms with Crippen molar-refractivity contribution in [1.82, 2.24) is 5.32 Å². The molecular weight excluding hydrogens is 264 g/mol. The van der Waals surface area contributed by atoms with E-state index in [1.807, 2.05) is 56.3 Å². The van der Waals surface area contributed by atoms with Crippen molar-refractivity contribution < 1.29 is 9.90 Å². The number of aliphatic hydroxyl groups excluding tert-OH is 1. The summed E-state index contributed by atoms with van der Waals surface area (Å²) in [6.45, 7) is 4.16. The molecule has 0 radical (unpaired) electrons.